The van der Waals surface area contributed by atoms with Crippen LogP contribution in [0.25, 0.3) is 21.9 Å². The quantitative estimate of drug-likeness (QED) is 0.428. The molecule has 34 heavy (non-hydrogen) atoms. The Morgan fingerprint density at radius 3 is 2.88 bits per heavy atom. The molecule has 5 atom stereocenters. The SMILES string of the molecule is Cc1ccc2ccc(SC[C@]34C[C@@H]3[C@@H](n3ccc5c(N)ncnc53)[C@@H]3OC(C)(C)O[C@@H]34)cc2n1. The number of nitrogens with zero attached hydrogens (tertiary/aromatic N) is 4. The Bertz CT molecular complexity index is 1450. The van der Waals surface area contributed by atoms with Crippen LogP contribution in [0.1, 0.15) is 32.0 Å². The highest BCUT2D eigenvalue weighted by atomic mass is 32.2. The van der Waals surface area contributed by atoms with Gasteiger partial charge in [0, 0.05) is 33.3 Å². The van der Waals surface area contributed by atoms with E-state index < -0.39 is 5.79 Å². The normalized spacial score (nSPS) is 31.1. The zero-order valence-corrected chi connectivity index (χ0v) is 20.2. The number of aryl methyl sites for hydroxylation is 1. The van der Waals surface area contributed by atoms with Crippen LogP contribution in [0.3, 0.4) is 0 Å². The summed E-state index contributed by atoms with van der Waals surface area (Å²) in [5.41, 5.74) is 9.17. The molecule has 2 aliphatic carbocycles. The molecule has 1 saturated heterocycles. The summed E-state index contributed by atoms with van der Waals surface area (Å²) in [5.74, 6) is 1.38. The van der Waals surface area contributed by atoms with Crippen molar-refractivity contribution in [3.8, 4) is 0 Å². The van der Waals surface area contributed by atoms with Crippen LogP contribution < -0.4 is 5.73 Å². The third kappa shape index (κ3) is 2.95. The Kier molecular flexibility index (Phi) is 4.21. The minimum atomic E-state index is -0.597. The van der Waals surface area contributed by atoms with Crippen LogP contribution in [0.4, 0.5) is 5.82 Å². The Labute approximate surface area is 202 Å². The number of anilines is 1. The highest BCUT2D eigenvalue weighted by molar-refractivity contribution is 7.99. The molecule has 4 aromatic rings. The predicted molar refractivity (Wildman–Crippen MR) is 133 cm³/mol. The second-order valence-corrected chi connectivity index (χ2v) is 11.4. The fourth-order valence-electron chi connectivity index (χ4n) is 6.19. The van der Waals surface area contributed by atoms with Gasteiger partial charge in [-0.1, -0.05) is 12.1 Å². The van der Waals surface area contributed by atoms with Gasteiger partial charge in [-0.15, -0.1) is 11.8 Å². The first-order chi connectivity index (χ1) is 16.3. The van der Waals surface area contributed by atoms with Crippen LogP contribution in [0.2, 0.25) is 0 Å². The van der Waals surface area contributed by atoms with Crippen molar-refractivity contribution in [2.45, 2.75) is 56.1 Å². The van der Waals surface area contributed by atoms with Crippen molar-refractivity contribution in [3.05, 3.63) is 54.6 Å². The number of thioether (sulfide) groups is 1. The molecule has 0 radical (unpaired) electrons. The summed E-state index contributed by atoms with van der Waals surface area (Å²) in [6, 6.07) is 13.0. The maximum absolute atomic E-state index is 6.55. The maximum atomic E-state index is 6.55. The van der Waals surface area contributed by atoms with Gasteiger partial charge in [0.25, 0.3) is 0 Å². The lowest BCUT2D eigenvalue weighted by molar-refractivity contribution is -0.160. The molecule has 8 heteroatoms. The number of fused-ring (bicyclic) bond motifs is 5. The van der Waals surface area contributed by atoms with E-state index in [1.165, 1.54) is 10.3 Å². The number of benzene rings is 1. The van der Waals surface area contributed by atoms with Gasteiger partial charge in [-0.3, -0.25) is 4.98 Å². The number of rotatable bonds is 4. The third-order valence-corrected chi connectivity index (χ3v) is 9.06. The van der Waals surface area contributed by atoms with Crippen LogP contribution in [-0.4, -0.2) is 43.3 Å². The zero-order chi connectivity index (χ0) is 23.2. The second-order valence-electron chi connectivity index (χ2n) is 10.4. The monoisotopic (exact) mass is 473 g/mol. The van der Waals surface area contributed by atoms with E-state index in [1.54, 1.807) is 6.33 Å². The van der Waals surface area contributed by atoms with E-state index in [0.29, 0.717) is 11.7 Å². The molecule has 1 aliphatic heterocycles. The first kappa shape index (κ1) is 20.7. The Morgan fingerprint density at radius 1 is 1.15 bits per heavy atom. The molecular weight excluding hydrogens is 446 g/mol. The standard InChI is InChI=1S/C26H27N5O2S/c1-14-4-5-15-6-7-16(10-19(15)30-14)34-12-26-11-18(26)20(21-22(26)33-25(2,3)32-21)31-9-8-17-23(27)28-13-29-24(17)31/h4-10,13,18,20-22H,11-12H2,1-3H3,(H2,27,28,29)/t18-,20-,21+,22+,26-/m1/s1. The third-order valence-electron chi connectivity index (χ3n) is 7.79. The maximum Gasteiger partial charge on any atom is 0.163 e. The van der Waals surface area contributed by atoms with Gasteiger partial charge in [0.2, 0.25) is 0 Å². The highest BCUT2D eigenvalue weighted by Gasteiger charge is 2.75. The van der Waals surface area contributed by atoms with E-state index in [4.69, 9.17) is 20.2 Å². The number of nitrogens with two attached hydrogens (primary N) is 1. The van der Waals surface area contributed by atoms with Crippen molar-refractivity contribution in [3.63, 3.8) is 0 Å². The highest BCUT2D eigenvalue weighted by Crippen LogP contribution is 2.72. The van der Waals surface area contributed by atoms with Gasteiger partial charge < -0.3 is 19.8 Å². The average molecular weight is 474 g/mol. The van der Waals surface area contributed by atoms with Gasteiger partial charge >= 0.3 is 0 Å². The van der Waals surface area contributed by atoms with Crippen LogP contribution >= 0.6 is 11.8 Å². The number of hydrogen-bond acceptors (Lipinski definition) is 7. The molecule has 7 rings (SSSR count). The van der Waals surface area contributed by atoms with Gasteiger partial charge in [-0.25, -0.2) is 9.97 Å². The van der Waals surface area contributed by atoms with Crippen molar-refractivity contribution < 1.29 is 9.47 Å². The van der Waals surface area contributed by atoms with E-state index in [0.717, 1.165) is 34.4 Å². The van der Waals surface area contributed by atoms with E-state index in [9.17, 15) is 0 Å². The predicted octanol–water partition coefficient (Wildman–Crippen LogP) is 4.74. The molecule has 0 unspecified atom stereocenters. The minimum absolute atomic E-state index is 0.0120. The Balaban J connectivity index is 1.22. The lowest BCUT2D eigenvalue weighted by Crippen LogP contribution is -2.32. The Hall–Kier alpha value is -2.68. The first-order valence-corrected chi connectivity index (χ1v) is 12.8. The summed E-state index contributed by atoms with van der Waals surface area (Å²) in [4.78, 5) is 14.7. The van der Waals surface area contributed by atoms with Gasteiger partial charge in [0.15, 0.2) is 5.79 Å². The van der Waals surface area contributed by atoms with Crippen LogP contribution in [-0.2, 0) is 9.47 Å². The molecule has 0 bridgehead atoms. The zero-order valence-electron chi connectivity index (χ0n) is 19.4. The molecule has 4 heterocycles. The molecular formula is C26H27N5O2S. The fourth-order valence-corrected chi connectivity index (χ4v) is 7.48. The van der Waals surface area contributed by atoms with Gasteiger partial charge in [-0.05, 0) is 57.4 Å². The Morgan fingerprint density at radius 2 is 2.00 bits per heavy atom. The summed E-state index contributed by atoms with van der Waals surface area (Å²) in [7, 11) is 0. The van der Waals surface area contributed by atoms with Crippen LogP contribution in [0.15, 0.2) is 53.8 Å². The van der Waals surface area contributed by atoms with Crippen LogP contribution in [0, 0.1) is 18.3 Å². The summed E-state index contributed by atoms with van der Waals surface area (Å²) >= 11 is 1.90. The lowest BCUT2D eigenvalue weighted by atomic mass is 10.0. The average Bonchev–Trinajstić information content (AvgIpc) is 3.05. The van der Waals surface area contributed by atoms with Gasteiger partial charge in [0.1, 0.15) is 23.9 Å². The van der Waals surface area contributed by atoms with Crippen molar-refractivity contribution in [1.29, 1.82) is 0 Å². The molecule has 0 spiro atoms. The van der Waals surface area contributed by atoms with Crippen molar-refractivity contribution in [2.75, 3.05) is 11.5 Å². The van der Waals surface area contributed by atoms with Crippen LogP contribution in [0.5, 0.6) is 0 Å². The lowest BCUT2D eigenvalue weighted by Gasteiger charge is -2.24. The van der Waals surface area contributed by atoms with Gasteiger partial charge in [0.05, 0.1) is 23.0 Å². The number of pyridine rings is 1. The molecule has 7 nitrogen and oxygen atoms in total. The molecule has 3 fully saturated rings. The molecule has 174 valence electrons. The summed E-state index contributed by atoms with van der Waals surface area (Å²) in [6.45, 7) is 6.08. The molecule has 0 amide bonds. The van der Waals surface area contributed by atoms with E-state index in [1.807, 2.05) is 38.6 Å². The largest absolute Gasteiger partial charge is 0.383 e. The number of ether oxygens (including phenoxy) is 2. The number of hydrogen-bond donors (Lipinski definition) is 1. The fraction of sp³-hybridized carbons (Fsp3) is 0.423. The summed E-state index contributed by atoms with van der Waals surface area (Å²) < 4.78 is 15.3. The molecule has 3 aliphatic rings. The van der Waals surface area contributed by atoms with E-state index >= 15 is 0 Å². The summed E-state index contributed by atoms with van der Waals surface area (Å²) in [6.07, 6.45) is 4.80. The molecule has 2 N–H and O–H groups in total. The smallest absolute Gasteiger partial charge is 0.163 e. The van der Waals surface area contributed by atoms with Crippen molar-refractivity contribution in [2.24, 2.45) is 11.3 Å². The topological polar surface area (TPSA) is 88.1 Å². The van der Waals surface area contributed by atoms with Gasteiger partial charge in [-0.2, -0.15) is 0 Å². The molecule has 3 aromatic heterocycles. The molecule has 2 saturated carbocycles. The van der Waals surface area contributed by atoms with Crippen molar-refractivity contribution >= 4 is 39.5 Å². The first-order valence-electron chi connectivity index (χ1n) is 11.8. The second kappa shape index (κ2) is 6.93. The number of nitrogen functional groups attached to an aromatic ring is 1. The minimum Gasteiger partial charge on any atom is -0.383 e. The molecule has 1 aromatic carbocycles. The van der Waals surface area contributed by atoms with E-state index in [-0.39, 0.29) is 23.7 Å². The van der Waals surface area contributed by atoms with Crippen molar-refractivity contribution in [1.82, 2.24) is 19.5 Å². The van der Waals surface area contributed by atoms with E-state index in [2.05, 4.69) is 51.1 Å². The summed E-state index contributed by atoms with van der Waals surface area (Å²) in [5, 5.41) is 2.07. The number of aromatic nitrogens is 4.